The fraction of sp³-hybridized carbons (Fsp3) is 1.00. The van der Waals surface area contributed by atoms with Crippen LogP contribution in [0, 0.1) is 5.92 Å². The highest BCUT2D eigenvalue weighted by atomic mass is 35.5. The lowest BCUT2D eigenvalue weighted by molar-refractivity contribution is 0.0293. The minimum absolute atomic E-state index is 0.119. The molecule has 10 heavy (non-hydrogen) atoms. The number of rotatable bonds is 3. The molecular weight excluding hydrogens is 171 g/mol. The third-order valence-electron chi connectivity index (χ3n) is 2.39. The second-order valence-electron chi connectivity index (χ2n) is 3.22. The van der Waals surface area contributed by atoms with Crippen molar-refractivity contribution in [3.63, 3.8) is 0 Å². The lowest BCUT2D eigenvalue weighted by Crippen LogP contribution is -2.18. The van der Waals surface area contributed by atoms with Crippen molar-refractivity contribution in [2.75, 3.05) is 0 Å². The Balaban J connectivity index is 1.88. The number of ether oxygens (including phenoxy) is 1. The predicted octanol–water partition coefficient (Wildman–Crippen LogP) is 2.71. The fourth-order valence-electron chi connectivity index (χ4n) is 1.53. The van der Waals surface area contributed by atoms with Gasteiger partial charge < -0.3 is 4.74 Å². The molecule has 2 aliphatic carbocycles. The quantitative estimate of drug-likeness (QED) is 0.608. The van der Waals surface area contributed by atoms with E-state index < -0.39 is 5.02 Å². The Bertz CT molecular complexity index is 139. The number of hydrogen-bond acceptors (Lipinski definition) is 1. The van der Waals surface area contributed by atoms with Gasteiger partial charge in [-0.15, -0.1) is 0 Å². The fourth-order valence-corrected chi connectivity index (χ4v) is 1.89. The number of hydrogen-bond donors (Lipinski definition) is 0. The maximum atomic E-state index is 5.52. The Morgan fingerprint density at radius 1 is 1.30 bits per heavy atom. The third-order valence-corrected chi connectivity index (χ3v) is 2.57. The number of alkyl halides is 2. The molecule has 2 saturated carbocycles. The lowest BCUT2D eigenvalue weighted by atomic mass is 10.2. The molecule has 0 aromatic heterocycles. The van der Waals surface area contributed by atoms with Crippen molar-refractivity contribution in [1.82, 2.24) is 0 Å². The molecule has 0 atom stereocenters. The summed E-state index contributed by atoms with van der Waals surface area (Å²) in [6, 6.07) is 0. The van der Waals surface area contributed by atoms with Gasteiger partial charge in [0.25, 0.3) is 0 Å². The SMILES string of the molecule is ClC(Cl)OC1(C2CC2)CC1. The van der Waals surface area contributed by atoms with E-state index >= 15 is 0 Å². The minimum atomic E-state index is -0.622. The van der Waals surface area contributed by atoms with Crippen LogP contribution < -0.4 is 0 Å². The zero-order chi connectivity index (χ0) is 7.19. The largest absolute Gasteiger partial charge is 0.342 e. The van der Waals surface area contributed by atoms with Crippen LogP contribution in [0.3, 0.4) is 0 Å². The highest BCUT2D eigenvalue weighted by Crippen LogP contribution is 2.57. The second-order valence-corrected chi connectivity index (χ2v) is 4.23. The lowest BCUT2D eigenvalue weighted by Gasteiger charge is -2.15. The topological polar surface area (TPSA) is 9.23 Å². The molecule has 1 nitrogen and oxygen atoms in total. The van der Waals surface area contributed by atoms with E-state index in [0.717, 1.165) is 18.8 Å². The van der Waals surface area contributed by atoms with Gasteiger partial charge in [0, 0.05) is 0 Å². The van der Waals surface area contributed by atoms with Crippen LogP contribution >= 0.6 is 23.2 Å². The molecule has 0 bridgehead atoms. The molecule has 2 fully saturated rings. The van der Waals surface area contributed by atoms with E-state index in [9.17, 15) is 0 Å². The van der Waals surface area contributed by atoms with Crippen molar-refractivity contribution in [2.45, 2.75) is 36.3 Å². The Hall–Kier alpha value is 0.540. The van der Waals surface area contributed by atoms with Crippen molar-refractivity contribution >= 4 is 23.2 Å². The van der Waals surface area contributed by atoms with Gasteiger partial charge in [-0.3, -0.25) is 0 Å². The summed E-state index contributed by atoms with van der Waals surface area (Å²) < 4.78 is 5.40. The number of halogens is 2. The van der Waals surface area contributed by atoms with Crippen LogP contribution in [0.1, 0.15) is 25.7 Å². The summed E-state index contributed by atoms with van der Waals surface area (Å²) in [6.07, 6.45) is 4.93. The second kappa shape index (κ2) is 2.26. The van der Waals surface area contributed by atoms with Crippen LogP contribution in [0.5, 0.6) is 0 Å². The summed E-state index contributed by atoms with van der Waals surface area (Å²) >= 11 is 11.0. The predicted molar refractivity (Wildman–Crippen MR) is 41.3 cm³/mol. The summed E-state index contributed by atoms with van der Waals surface area (Å²) in [5, 5.41) is -0.622. The average Bonchev–Trinajstić information content (AvgIpc) is 2.55. The minimum Gasteiger partial charge on any atom is -0.342 e. The zero-order valence-corrected chi connectivity index (χ0v) is 7.16. The van der Waals surface area contributed by atoms with Crippen LogP contribution in [-0.2, 0) is 4.74 Å². The third kappa shape index (κ3) is 1.27. The summed E-state index contributed by atoms with van der Waals surface area (Å²) in [6.45, 7) is 0. The van der Waals surface area contributed by atoms with Gasteiger partial charge in [-0.1, -0.05) is 23.2 Å². The van der Waals surface area contributed by atoms with Crippen LogP contribution in [0.15, 0.2) is 0 Å². The van der Waals surface area contributed by atoms with Crippen molar-refractivity contribution < 1.29 is 4.74 Å². The summed E-state index contributed by atoms with van der Waals surface area (Å²) in [7, 11) is 0. The van der Waals surface area contributed by atoms with E-state index in [1.165, 1.54) is 12.8 Å². The van der Waals surface area contributed by atoms with Gasteiger partial charge in [0.05, 0.1) is 5.60 Å². The molecule has 0 radical (unpaired) electrons. The van der Waals surface area contributed by atoms with Gasteiger partial charge in [0.1, 0.15) is 0 Å². The molecule has 0 amide bonds. The molecule has 0 heterocycles. The summed E-state index contributed by atoms with van der Waals surface area (Å²) in [4.78, 5) is 0. The van der Waals surface area contributed by atoms with E-state index in [1.54, 1.807) is 0 Å². The van der Waals surface area contributed by atoms with Crippen molar-refractivity contribution in [3.05, 3.63) is 0 Å². The van der Waals surface area contributed by atoms with Crippen molar-refractivity contribution in [3.8, 4) is 0 Å². The van der Waals surface area contributed by atoms with E-state index in [-0.39, 0.29) is 5.60 Å². The van der Waals surface area contributed by atoms with Crippen LogP contribution in [-0.4, -0.2) is 10.6 Å². The summed E-state index contributed by atoms with van der Waals surface area (Å²) in [5.74, 6) is 0.771. The maximum Gasteiger partial charge on any atom is 0.207 e. The Labute approximate surface area is 70.6 Å². The van der Waals surface area contributed by atoms with E-state index in [1.807, 2.05) is 0 Å². The first-order chi connectivity index (χ1) is 4.73. The van der Waals surface area contributed by atoms with Crippen molar-refractivity contribution in [2.24, 2.45) is 5.92 Å². The van der Waals surface area contributed by atoms with E-state index in [0.29, 0.717) is 0 Å². The Morgan fingerprint density at radius 3 is 2.20 bits per heavy atom. The zero-order valence-electron chi connectivity index (χ0n) is 5.65. The van der Waals surface area contributed by atoms with Gasteiger partial charge in [-0.2, -0.15) is 0 Å². The molecule has 0 aliphatic heterocycles. The van der Waals surface area contributed by atoms with E-state index in [2.05, 4.69) is 0 Å². The molecule has 3 heteroatoms. The van der Waals surface area contributed by atoms with Gasteiger partial charge >= 0.3 is 0 Å². The van der Waals surface area contributed by atoms with Gasteiger partial charge in [0.15, 0.2) is 0 Å². The van der Waals surface area contributed by atoms with Crippen LogP contribution in [0.4, 0.5) is 0 Å². The molecular formula is C7H10Cl2O. The van der Waals surface area contributed by atoms with Crippen LogP contribution in [0.2, 0.25) is 0 Å². The monoisotopic (exact) mass is 180 g/mol. The Kier molecular flexibility index (Phi) is 1.63. The molecule has 2 aliphatic rings. The van der Waals surface area contributed by atoms with E-state index in [4.69, 9.17) is 27.9 Å². The molecule has 58 valence electrons. The molecule has 0 unspecified atom stereocenters. The smallest absolute Gasteiger partial charge is 0.207 e. The average molecular weight is 181 g/mol. The van der Waals surface area contributed by atoms with Crippen LogP contribution in [0.25, 0.3) is 0 Å². The Morgan fingerprint density at radius 2 is 1.90 bits per heavy atom. The normalized spacial score (nSPS) is 29.1. The first-order valence-corrected chi connectivity index (χ1v) is 4.56. The maximum absolute atomic E-state index is 5.52. The van der Waals surface area contributed by atoms with Gasteiger partial charge in [-0.05, 0) is 31.6 Å². The van der Waals surface area contributed by atoms with Gasteiger partial charge in [-0.25, -0.2) is 0 Å². The first kappa shape index (κ1) is 7.20. The standard InChI is InChI=1S/C7H10Cl2O/c8-6(9)10-7(3-4-7)5-1-2-5/h5-6H,1-4H2. The first-order valence-electron chi connectivity index (χ1n) is 3.69. The molecule has 0 saturated heterocycles. The molecule has 2 rings (SSSR count). The molecule has 0 spiro atoms. The molecule has 0 aromatic carbocycles. The highest BCUT2D eigenvalue weighted by molar-refractivity contribution is 6.43. The highest BCUT2D eigenvalue weighted by Gasteiger charge is 2.56. The molecule has 0 N–H and O–H groups in total. The van der Waals surface area contributed by atoms with Gasteiger partial charge in [0.2, 0.25) is 5.02 Å². The molecule has 0 aromatic rings. The van der Waals surface area contributed by atoms with Crippen molar-refractivity contribution in [1.29, 1.82) is 0 Å². The summed E-state index contributed by atoms with van der Waals surface area (Å²) in [5.41, 5.74) is 0.119.